The van der Waals surface area contributed by atoms with Crippen LogP contribution in [0.4, 0.5) is 0 Å². The van der Waals surface area contributed by atoms with Crippen molar-refractivity contribution in [3.05, 3.63) is 59.7 Å². The SMILES string of the molecule is CCc1ccc(OCC(=O)NNC(=O)C(CC)Oc2cccc(C)c2)cc1. The van der Waals surface area contributed by atoms with E-state index in [1.807, 2.05) is 56.3 Å². The molecule has 144 valence electrons. The van der Waals surface area contributed by atoms with E-state index in [2.05, 4.69) is 17.8 Å². The van der Waals surface area contributed by atoms with Gasteiger partial charge in [0.2, 0.25) is 0 Å². The second-order valence-corrected chi connectivity index (χ2v) is 6.15. The van der Waals surface area contributed by atoms with Crippen LogP contribution < -0.4 is 20.3 Å². The summed E-state index contributed by atoms with van der Waals surface area (Å²) in [6, 6.07) is 15.0. The van der Waals surface area contributed by atoms with Crippen LogP contribution in [0.1, 0.15) is 31.4 Å². The molecule has 0 radical (unpaired) electrons. The number of carbonyl (C=O) groups is 2. The second kappa shape index (κ2) is 10.2. The number of benzene rings is 2. The van der Waals surface area contributed by atoms with Crippen molar-refractivity contribution in [2.75, 3.05) is 6.61 Å². The van der Waals surface area contributed by atoms with E-state index in [1.165, 1.54) is 5.56 Å². The quantitative estimate of drug-likeness (QED) is 0.701. The average Bonchev–Trinajstić information content (AvgIpc) is 2.69. The Balaban J connectivity index is 1.77. The van der Waals surface area contributed by atoms with E-state index in [0.717, 1.165) is 12.0 Å². The Morgan fingerprint density at radius 2 is 1.74 bits per heavy atom. The van der Waals surface area contributed by atoms with Gasteiger partial charge in [0.25, 0.3) is 11.8 Å². The van der Waals surface area contributed by atoms with Gasteiger partial charge in [-0.25, -0.2) is 0 Å². The lowest BCUT2D eigenvalue weighted by Crippen LogP contribution is -2.49. The van der Waals surface area contributed by atoms with Gasteiger partial charge in [-0.2, -0.15) is 0 Å². The molecule has 0 aromatic heterocycles. The van der Waals surface area contributed by atoms with Crippen LogP contribution in [0.5, 0.6) is 11.5 Å². The van der Waals surface area contributed by atoms with Crippen LogP contribution in [-0.2, 0) is 16.0 Å². The molecule has 0 fully saturated rings. The minimum Gasteiger partial charge on any atom is -0.484 e. The number of hydrazine groups is 1. The third-order valence-electron chi connectivity index (χ3n) is 3.96. The fraction of sp³-hybridized carbons (Fsp3) is 0.333. The smallest absolute Gasteiger partial charge is 0.279 e. The summed E-state index contributed by atoms with van der Waals surface area (Å²) in [6.45, 7) is 5.66. The van der Waals surface area contributed by atoms with Gasteiger partial charge in [-0.15, -0.1) is 0 Å². The van der Waals surface area contributed by atoms with Crippen molar-refractivity contribution < 1.29 is 19.1 Å². The van der Waals surface area contributed by atoms with Gasteiger partial charge in [0.05, 0.1) is 0 Å². The summed E-state index contributed by atoms with van der Waals surface area (Å²) < 4.78 is 11.1. The molecule has 2 aromatic carbocycles. The molecular weight excluding hydrogens is 344 g/mol. The highest BCUT2D eigenvalue weighted by atomic mass is 16.5. The van der Waals surface area contributed by atoms with Crippen molar-refractivity contribution in [1.29, 1.82) is 0 Å². The van der Waals surface area contributed by atoms with Gasteiger partial charge < -0.3 is 9.47 Å². The lowest BCUT2D eigenvalue weighted by Gasteiger charge is -2.18. The number of carbonyl (C=O) groups excluding carboxylic acids is 2. The third kappa shape index (κ3) is 6.66. The molecule has 1 unspecified atom stereocenters. The number of amides is 2. The van der Waals surface area contributed by atoms with Gasteiger partial charge in [-0.05, 0) is 55.2 Å². The first kappa shape index (κ1) is 20.3. The van der Waals surface area contributed by atoms with Crippen molar-refractivity contribution in [3.8, 4) is 11.5 Å². The van der Waals surface area contributed by atoms with Crippen LogP contribution >= 0.6 is 0 Å². The molecule has 0 aliphatic carbocycles. The van der Waals surface area contributed by atoms with Crippen LogP contribution in [-0.4, -0.2) is 24.5 Å². The highest BCUT2D eigenvalue weighted by molar-refractivity contribution is 5.85. The van der Waals surface area contributed by atoms with E-state index in [-0.39, 0.29) is 6.61 Å². The highest BCUT2D eigenvalue weighted by Crippen LogP contribution is 2.15. The first-order chi connectivity index (χ1) is 13.0. The van der Waals surface area contributed by atoms with E-state index in [9.17, 15) is 9.59 Å². The van der Waals surface area contributed by atoms with Crippen molar-refractivity contribution >= 4 is 11.8 Å². The largest absolute Gasteiger partial charge is 0.484 e. The lowest BCUT2D eigenvalue weighted by atomic mass is 10.2. The minimum absolute atomic E-state index is 0.193. The van der Waals surface area contributed by atoms with Gasteiger partial charge in [0.15, 0.2) is 12.7 Å². The van der Waals surface area contributed by atoms with Gasteiger partial charge in [0.1, 0.15) is 11.5 Å². The molecule has 6 nitrogen and oxygen atoms in total. The predicted molar refractivity (Wildman–Crippen MR) is 103 cm³/mol. The normalized spacial score (nSPS) is 11.4. The van der Waals surface area contributed by atoms with Crippen molar-refractivity contribution in [2.24, 2.45) is 0 Å². The first-order valence-corrected chi connectivity index (χ1v) is 9.05. The highest BCUT2D eigenvalue weighted by Gasteiger charge is 2.19. The number of aryl methyl sites for hydroxylation is 2. The summed E-state index contributed by atoms with van der Waals surface area (Å²) in [5.41, 5.74) is 6.96. The summed E-state index contributed by atoms with van der Waals surface area (Å²) in [6.07, 6.45) is 0.709. The number of hydrogen-bond acceptors (Lipinski definition) is 4. The molecule has 2 rings (SSSR count). The number of ether oxygens (including phenoxy) is 2. The van der Waals surface area contributed by atoms with Crippen LogP contribution in [0, 0.1) is 6.92 Å². The zero-order valence-electron chi connectivity index (χ0n) is 16.0. The molecule has 2 N–H and O–H groups in total. The van der Waals surface area contributed by atoms with Crippen LogP contribution in [0.2, 0.25) is 0 Å². The summed E-state index contributed by atoms with van der Waals surface area (Å²) in [7, 11) is 0. The molecule has 1 atom stereocenters. The van der Waals surface area contributed by atoms with E-state index in [0.29, 0.717) is 17.9 Å². The van der Waals surface area contributed by atoms with Crippen molar-refractivity contribution in [3.63, 3.8) is 0 Å². The first-order valence-electron chi connectivity index (χ1n) is 9.05. The van der Waals surface area contributed by atoms with Crippen molar-refractivity contribution in [2.45, 2.75) is 39.7 Å². The van der Waals surface area contributed by atoms with Gasteiger partial charge in [-0.3, -0.25) is 20.4 Å². The van der Waals surface area contributed by atoms with Crippen LogP contribution in [0.3, 0.4) is 0 Å². The van der Waals surface area contributed by atoms with Gasteiger partial charge >= 0.3 is 0 Å². The Morgan fingerprint density at radius 3 is 2.37 bits per heavy atom. The molecule has 0 saturated heterocycles. The molecular formula is C21H26N2O4. The van der Waals surface area contributed by atoms with Gasteiger partial charge in [0, 0.05) is 0 Å². The maximum Gasteiger partial charge on any atom is 0.279 e. The Bertz CT molecular complexity index is 759. The summed E-state index contributed by atoms with van der Waals surface area (Å²) in [5.74, 6) is 0.345. The van der Waals surface area contributed by atoms with E-state index in [4.69, 9.17) is 9.47 Å². The van der Waals surface area contributed by atoms with E-state index < -0.39 is 17.9 Å². The predicted octanol–water partition coefficient (Wildman–Crippen LogP) is 2.94. The molecule has 0 bridgehead atoms. The zero-order valence-corrected chi connectivity index (χ0v) is 16.0. The average molecular weight is 370 g/mol. The van der Waals surface area contributed by atoms with Crippen molar-refractivity contribution in [1.82, 2.24) is 10.9 Å². The Kier molecular flexibility index (Phi) is 7.67. The summed E-state index contributed by atoms with van der Waals surface area (Å²) in [5, 5.41) is 0. The fourth-order valence-corrected chi connectivity index (χ4v) is 2.39. The van der Waals surface area contributed by atoms with Gasteiger partial charge in [-0.1, -0.05) is 38.1 Å². The monoisotopic (exact) mass is 370 g/mol. The molecule has 0 spiro atoms. The topological polar surface area (TPSA) is 76.7 Å². The second-order valence-electron chi connectivity index (χ2n) is 6.15. The van der Waals surface area contributed by atoms with E-state index >= 15 is 0 Å². The molecule has 0 heterocycles. The number of nitrogens with one attached hydrogen (secondary N) is 2. The molecule has 0 aliphatic rings. The zero-order chi connectivity index (χ0) is 19.6. The Labute approximate surface area is 159 Å². The summed E-state index contributed by atoms with van der Waals surface area (Å²) >= 11 is 0. The fourth-order valence-electron chi connectivity index (χ4n) is 2.39. The maximum atomic E-state index is 12.2. The minimum atomic E-state index is -0.699. The standard InChI is InChI=1S/C21H26N2O4/c1-4-16-9-11-17(12-10-16)26-14-20(24)22-23-21(25)19(5-2)27-18-8-6-7-15(3)13-18/h6-13,19H,4-5,14H2,1-3H3,(H,22,24)(H,23,25). The Morgan fingerprint density at radius 1 is 1.00 bits per heavy atom. The van der Waals surface area contributed by atoms with Crippen LogP contribution in [0.25, 0.3) is 0 Å². The Hall–Kier alpha value is -3.02. The third-order valence-corrected chi connectivity index (χ3v) is 3.96. The molecule has 6 heteroatoms. The molecule has 2 aromatic rings. The number of rotatable bonds is 8. The van der Waals surface area contributed by atoms with E-state index in [1.54, 1.807) is 6.07 Å². The molecule has 27 heavy (non-hydrogen) atoms. The number of hydrogen-bond donors (Lipinski definition) is 2. The molecule has 2 amide bonds. The summed E-state index contributed by atoms with van der Waals surface area (Å²) in [4.78, 5) is 24.1. The van der Waals surface area contributed by atoms with Crippen LogP contribution in [0.15, 0.2) is 48.5 Å². The molecule has 0 aliphatic heterocycles. The maximum absolute atomic E-state index is 12.2. The molecule has 0 saturated carbocycles. The lowest BCUT2D eigenvalue weighted by molar-refractivity contribution is -0.134.